The molecule has 2 heterocycles. The van der Waals surface area contributed by atoms with Gasteiger partial charge in [-0.05, 0) is 30.7 Å². The summed E-state index contributed by atoms with van der Waals surface area (Å²) in [6.45, 7) is 1.43. The van der Waals surface area contributed by atoms with Gasteiger partial charge in [-0.1, -0.05) is 11.6 Å². The molecule has 1 fully saturated rings. The van der Waals surface area contributed by atoms with Gasteiger partial charge >= 0.3 is 0 Å². The highest BCUT2D eigenvalue weighted by atomic mass is 35.5. The number of nitrogens with zero attached hydrogens (tertiary/aromatic N) is 4. The standard InChI is InChI=1S/C16H17ClN6O/c1-24-14-15(20-12-4-2-10(17)3-5-12)21-13(8-18)22-16(14)23-7-6-11(19)9-23/h2-5,11H,6-7,9,19H2,1H3,(H,20,21,22). The Labute approximate surface area is 145 Å². The fourth-order valence-corrected chi connectivity index (χ4v) is 2.75. The number of methoxy groups -OCH3 is 1. The molecule has 2 aromatic rings. The Bertz CT molecular complexity index is 773. The molecule has 3 N–H and O–H groups in total. The van der Waals surface area contributed by atoms with E-state index in [9.17, 15) is 5.26 Å². The molecule has 1 aliphatic rings. The third kappa shape index (κ3) is 3.35. The third-order valence-corrected chi connectivity index (χ3v) is 4.03. The first-order chi connectivity index (χ1) is 11.6. The normalized spacial score (nSPS) is 16.8. The Morgan fingerprint density at radius 2 is 2.12 bits per heavy atom. The lowest BCUT2D eigenvalue weighted by Crippen LogP contribution is -2.27. The lowest BCUT2D eigenvalue weighted by atomic mass is 10.3. The number of aromatic nitrogens is 2. The highest BCUT2D eigenvalue weighted by Crippen LogP contribution is 2.36. The van der Waals surface area contributed by atoms with E-state index in [0.29, 0.717) is 29.0 Å². The molecule has 1 saturated heterocycles. The molecule has 1 aromatic carbocycles. The second-order valence-electron chi connectivity index (χ2n) is 5.49. The van der Waals surface area contributed by atoms with Crippen LogP contribution in [0.3, 0.4) is 0 Å². The molecule has 0 aliphatic carbocycles. The number of ether oxygens (including phenoxy) is 1. The van der Waals surface area contributed by atoms with Gasteiger partial charge in [0, 0.05) is 29.8 Å². The van der Waals surface area contributed by atoms with Crippen molar-refractivity contribution in [2.24, 2.45) is 5.73 Å². The van der Waals surface area contributed by atoms with Crippen LogP contribution in [0.4, 0.5) is 17.3 Å². The summed E-state index contributed by atoms with van der Waals surface area (Å²) in [6.07, 6.45) is 0.870. The lowest BCUT2D eigenvalue weighted by molar-refractivity contribution is 0.413. The summed E-state index contributed by atoms with van der Waals surface area (Å²) in [6, 6.07) is 9.25. The molecule has 8 heteroatoms. The van der Waals surface area contributed by atoms with Gasteiger partial charge in [0.1, 0.15) is 6.07 Å². The quantitative estimate of drug-likeness (QED) is 0.877. The maximum absolute atomic E-state index is 9.24. The monoisotopic (exact) mass is 344 g/mol. The average molecular weight is 345 g/mol. The van der Waals surface area contributed by atoms with Crippen molar-refractivity contribution in [1.82, 2.24) is 9.97 Å². The van der Waals surface area contributed by atoms with E-state index in [1.54, 1.807) is 19.2 Å². The number of halogens is 1. The van der Waals surface area contributed by atoms with Crippen LogP contribution in [0.2, 0.25) is 5.02 Å². The summed E-state index contributed by atoms with van der Waals surface area (Å²) in [7, 11) is 1.55. The minimum atomic E-state index is 0.0720. The van der Waals surface area contributed by atoms with Crippen LogP contribution in [0, 0.1) is 11.3 Å². The summed E-state index contributed by atoms with van der Waals surface area (Å²) in [5.41, 5.74) is 6.76. The van der Waals surface area contributed by atoms with Crippen molar-refractivity contribution >= 4 is 28.9 Å². The van der Waals surface area contributed by atoms with Crippen molar-refractivity contribution in [2.45, 2.75) is 12.5 Å². The number of hydrogen-bond acceptors (Lipinski definition) is 7. The zero-order valence-electron chi connectivity index (χ0n) is 13.2. The molecule has 24 heavy (non-hydrogen) atoms. The molecule has 0 spiro atoms. The number of hydrogen-bond donors (Lipinski definition) is 2. The van der Waals surface area contributed by atoms with Crippen molar-refractivity contribution in [1.29, 1.82) is 5.26 Å². The summed E-state index contributed by atoms with van der Waals surface area (Å²) >= 11 is 5.91. The maximum Gasteiger partial charge on any atom is 0.236 e. The number of rotatable bonds is 4. The van der Waals surface area contributed by atoms with Gasteiger partial charge in [-0.15, -0.1) is 0 Å². The van der Waals surface area contributed by atoms with Gasteiger partial charge in [0.2, 0.25) is 11.6 Å². The molecule has 3 rings (SSSR count). The minimum absolute atomic E-state index is 0.0720. The molecule has 0 saturated carbocycles. The minimum Gasteiger partial charge on any atom is -0.490 e. The molecule has 0 amide bonds. The first kappa shape index (κ1) is 16.3. The molecule has 1 aliphatic heterocycles. The van der Waals surface area contributed by atoms with Crippen LogP contribution in [-0.4, -0.2) is 36.2 Å². The van der Waals surface area contributed by atoms with Gasteiger partial charge in [-0.25, -0.2) is 0 Å². The Balaban J connectivity index is 2.01. The second-order valence-corrected chi connectivity index (χ2v) is 5.93. The number of nitrogens with one attached hydrogen (secondary N) is 1. The Morgan fingerprint density at radius 3 is 2.71 bits per heavy atom. The molecular formula is C16H17ClN6O. The van der Waals surface area contributed by atoms with E-state index in [0.717, 1.165) is 18.7 Å². The second kappa shape index (κ2) is 6.91. The van der Waals surface area contributed by atoms with E-state index in [1.807, 2.05) is 23.1 Å². The van der Waals surface area contributed by atoms with E-state index < -0.39 is 0 Å². The van der Waals surface area contributed by atoms with E-state index in [2.05, 4.69) is 15.3 Å². The van der Waals surface area contributed by atoms with Crippen LogP contribution in [-0.2, 0) is 0 Å². The summed E-state index contributed by atoms with van der Waals surface area (Å²) < 4.78 is 5.51. The predicted octanol–water partition coefficient (Wildman–Crippen LogP) is 2.29. The van der Waals surface area contributed by atoms with Crippen molar-refractivity contribution < 1.29 is 4.74 Å². The van der Waals surface area contributed by atoms with Crippen LogP contribution in [0.25, 0.3) is 0 Å². The van der Waals surface area contributed by atoms with Crippen molar-refractivity contribution in [2.75, 3.05) is 30.4 Å². The highest BCUT2D eigenvalue weighted by molar-refractivity contribution is 6.30. The number of nitriles is 1. The summed E-state index contributed by atoms with van der Waals surface area (Å²) in [5, 5.41) is 13.0. The smallest absolute Gasteiger partial charge is 0.236 e. The predicted molar refractivity (Wildman–Crippen MR) is 92.8 cm³/mol. The molecule has 7 nitrogen and oxygen atoms in total. The van der Waals surface area contributed by atoms with Crippen LogP contribution in [0.5, 0.6) is 5.75 Å². The Kier molecular flexibility index (Phi) is 4.69. The SMILES string of the molecule is COc1c(Nc2ccc(Cl)cc2)nc(C#N)nc1N1CCC(N)C1. The fourth-order valence-electron chi connectivity index (χ4n) is 2.63. The van der Waals surface area contributed by atoms with Crippen LogP contribution in [0.15, 0.2) is 24.3 Å². The van der Waals surface area contributed by atoms with E-state index >= 15 is 0 Å². The Hall–Kier alpha value is -2.56. The molecule has 1 unspecified atom stereocenters. The molecule has 0 bridgehead atoms. The van der Waals surface area contributed by atoms with Crippen LogP contribution >= 0.6 is 11.6 Å². The third-order valence-electron chi connectivity index (χ3n) is 3.78. The van der Waals surface area contributed by atoms with E-state index in [1.165, 1.54) is 0 Å². The van der Waals surface area contributed by atoms with Gasteiger partial charge in [0.15, 0.2) is 11.6 Å². The van der Waals surface area contributed by atoms with Gasteiger partial charge < -0.3 is 20.7 Å². The maximum atomic E-state index is 9.24. The Morgan fingerprint density at radius 1 is 1.38 bits per heavy atom. The number of nitrogens with two attached hydrogens (primary N) is 1. The molecule has 1 aromatic heterocycles. The molecular weight excluding hydrogens is 328 g/mol. The molecule has 124 valence electrons. The van der Waals surface area contributed by atoms with Crippen LogP contribution < -0.4 is 20.7 Å². The van der Waals surface area contributed by atoms with E-state index in [-0.39, 0.29) is 11.9 Å². The van der Waals surface area contributed by atoms with E-state index in [4.69, 9.17) is 22.1 Å². The zero-order valence-corrected chi connectivity index (χ0v) is 13.9. The first-order valence-electron chi connectivity index (χ1n) is 7.50. The highest BCUT2D eigenvalue weighted by Gasteiger charge is 2.26. The van der Waals surface area contributed by atoms with Crippen LogP contribution in [0.1, 0.15) is 12.2 Å². The zero-order chi connectivity index (χ0) is 17.1. The number of anilines is 3. The average Bonchev–Trinajstić information content (AvgIpc) is 3.02. The van der Waals surface area contributed by atoms with Crippen molar-refractivity contribution in [3.8, 4) is 11.8 Å². The summed E-state index contributed by atoms with van der Waals surface area (Å²) in [5.74, 6) is 1.57. The fraction of sp³-hybridized carbons (Fsp3) is 0.312. The van der Waals surface area contributed by atoms with Gasteiger partial charge in [-0.2, -0.15) is 15.2 Å². The molecule has 0 radical (unpaired) electrons. The van der Waals surface area contributed by atoms with Gasteiger partial charge in [-0.3, -0.25) is 0 Å². The van der Waals surface area contributed by atoms with Crippen molar-refractivity contribution in [3.63, 3.8) is 0 Å². The largest absolute Gasteiger partial charge is 0.490 e. The first-order valence-corrected chi connectivity index (χ1v) is 7.87. The number of benzene rings is 1. The topological polar surface area (TPSA) is 100 Å². The van der Waals surface area contributed by atoms with Gasteiger partial charge in [0.05, 0.1) is 7.11 Å². The van der Waals surface area contributed by atoms with Crippen molar-refractivity contribution in [3.05, 3.63) is 35.1 Å². The van der Waals surface area contributed by atoms with Gasteiger partial charge in [0.25, 0.3) is 0 Å². The lowest BCUT2D eigenvalue weighted by Gasteiger charge is -2.21. The summed E-state index contributed by atoms with van der Waals surface area (Å²) in [4.78, 5) is 10.6. The molecule has 1 atom stereocenters.